The molecule has 1 aliphatic rings. The fourth-order valence-corrected chi connectivity index (χ4v) is 14.5. The lowest BCUT2D eigenvalue weighted by Crippen LogP contribution is -2.19. The van der Waals surface area contributed by atoms with Gasteiger partial charge in [0.15, 0.2) is 11.6 Å². The lowest BCUT2D eigenvalue weighted by atomic mass is 10.3. The number of para-hydroxylation sites is 5. The fourth-order valence-electron chi connectivity index (χ4n) is 4.53. The molecule has 0 saturated heterocycles. The quantitative estimate of drug-likeness (QED) is 0.136. The number of nitrogens with zero attached hydrogens (tertiary/aromatic N) is 3. The van der Waals surface area contributed by atoms with Gasteiger partial charge in [-0.25, -0.2) is 9.49 Å². The highest BCUT2D eigenvalue weighted by molar-refractivity contribution is 7.90. The number of benzene rings is 5. The summed E-state index contributed by atoms with van der Waals surface area (Å²) in [4.78, 5) is 0. The molecule has 5 aromatic carbocycles. The minimum atomic E-state index is -3.61. The van der Waals surface area contributed by atoms with E-state index in [0.717, 1.165) is 0 Å². The molecule has 12 heteroatoms. The third-order valence-corrected chi connectivity index (χ3v) is 15.8. The lowest BCUT2D eigenvalue weighted by Gasteiger charge is -2.36. The normalized spacial score (nSPS) is 21.5. The molecule has 5 aromatic rings. The van der Waals surface area contributed by atoms with Crippen LogP contribution in [0.15, 0.2) is 166 Å². The van der Waals surface area contributed by atoms with Crippen molar-refractivity contribution in [2.24, 2.45) is 14.0 Å². The standard InChI is InChI=1S/C34H33ClN3O5P3/c1-28-36-44(39-30-18-8-3-9-19-30,40-31-20-10-4-11-21-31)29(2)37-46(35,43-34-26-16-7-17-27-34)38-45(28,41-32-22-12-5-13-23-32)42-33-24-14-6-15-25-33/h3-29H,1-2H3. The van der Waals surface area contributed by atoms with E-state index in [-0.39, 0.29) is 0 Å². The van der Waals surface area contributed by atoms with Crippen molar-refractivity contribution in [3.8, 4) is 28.7 Å². The Kier molecular flexibility index (Phi) is 9.92. The molecule has 0 spiro atoms. The summed E-state index contributed by atoms with van der Waals surface area (Å²) < 4.78 is 49.3. The Morgan fingerprint density at radius 3 is 1.04 bits per heavy atom. The van der Waals surface area contributed by atoms with Gasteiger partial charge in [-0.05, 0) is 85.8 Å². The van der Waals surface area contributed by atoms with Gasteiger partial charge in [-0.1, -0.05) is 91.0 Å². The molecule has 6 rings (SSSR count). The Morgan fingerprint density at radius 1 is 0.413 bits per heavy atom. The largest absolute Gasteiger partial charge is 0.431 e. The van der Waals surface area contributed by atoms with E-state index in [1.54, 1.807) is 0 Å². The number of rotatable bonds is 10. The predicted molar refractivity (Wildman–Crippen MR) is 188 cm³/mol. The minimum absolute atomic E-state index is 0.505. The van der Waals surface area contributed by atoms with Gasteiger partial charge in [0.25, 0.3) is 0 Å². The summed E-state index contributed by atoms with van der Waals surface area (Å²) in [6, 6.07) is 46.8. The van der Waals surface area contributed by atoms with Crippen molar-refractivity contribution in [3.63, 3.8) is 0 Å². The average molecular weight is 692 g/mol. The molecule has 0 radical (unpaired) electrons. The van der Waals surface area contributed by atoms with E-state index in [0.29, 0.717) is 28.7 Å². The zero-order chi connectivity index (χ0) is 31.9. The SMILES string of the molecule is CC1N=P(Cl)(Oc2ccccc2)N=P(Oc2ccccc2)(Oc2ccccc2)C(C)N=P1(Oc1ccccc1)Oc1ccccc1. The number of hydrogen-bond acceptors (Lipinski definition) is 8. The molecule has 0 amide bonds. The second kappa shape index (κ2) is 14.2. The maximum Gasteiger partial charge on any atom is 0.347 e. The maximum absolute atomic E-state index is 7.49. The molecule has 8 nitrogen and oxygen atoms in total. The predicted octanol–water partition coefficient (Wildman–Crippen LogP) is 12.3. The van der Waals surface area contributed by atoms with E-state index in [1.807, 2.05) is 166 Å². The van der Waals surface area contributed by atoms with Gasteiger partial charge in [0.05, 0.1) is 0 Å². The van der Waals surface area contributed by atoms with Crippen molar-refractivity contribution in [2.75, 3.05) is 0 Å². The summed E-state index contributed by atoms with van der Waals surface area (Å²) in [7, 11) is -6.94. The third kappa shape index (κ3) is 7.71. The van der Waals surface area contributed by atoms with Gasteiger partial charge in [-0.15, -0.1) is 4.52 Å². The van der Waals surface area contributed by atoms with Crippen LogP contribution in [0.3, 0.4) is 0 Å². The molecule has 0 N–H and O–H groups in total. The van der Waals surface area contributed by atoms with Crippen molar-refractivity contribution >= 4 is 33.0 Å². The first-order valence-corrected chi connectivity index (χ1v) is 20.5. The van der Waals surface area contributed by atoms with Crippen molar-refractivity contribution in [1.29, 1.82) is 0 Å². The average Bonchev–Trinajstić information content (AvgIpc) is 3.06. The van der Waals surface area contributed by atoms with Crippen LogP contribution in [0, 0.1) is 0 Å². The van der Waals surface area contributed by atoms with Gasteiger partial charge in [0, 0.05) is 0 Å². The van der Waals surface area contributed by atoms with Crippen LogP contribution in [0.5, 0.6) is 28.7 Å². The number of halogens is 1. The van der Waals surface area contributed by atoms with Crippen LogP contribution in [0.2, 0.25) is 0 Å². The van der Waals surface area contributed by atoms with Crippen LogP contribution in [-0.2, 0) is 0 Å². The van der Waals surface area contributed by atoms with Crippen molar-refractivity contribution in [2.45, 2.75) is 25.4 Å². The van der Waals surface area contributed by atoms with E-state index in [2.05, 4.69) is 0 Å². The summed E-state index contributed by atoms with van der Waals surface area (Å²) in [6.45, 7) is 0.159. The molecule has 0 aromatic heterocycles. The molecule has 0 bridgehead atoms. The van der Waals surface area contributed by atoms with E-state index >= 15 is 0 Å². The summed E-state index contributed by atoms with van der Waals surface area (Å²) >= 11 is 7.49. The Morgan fingerprint density at radius 2 is 0.696 bits per heavy atom. The highest BCUT2D eigenvalue weighted by Crippen LogP contribution is 2.74. The van der Waals surface area contributed by atoms with Crippen LogP contribution >= 0.6 is 33.0 Å². The summed E-state index contributed by atoms with van der Waals surface area (Å²) in [5.74, 6) is 1.26. The van der Waals surface area contributed by atoms with Gasteiger partial charge < -0.3 is 22.6 Å². The molecule has 46 heavy (non-hydrogen) atoms. The monoisotopic (exact) mass is 691 g/mol. The van der Waals surface area contributed by atoms with E-state index in [9.17, 15) is 0 Å². The topological polar surface area (TPSA) is 83.2 Å². The highest BCUT2D eigenvalue weighted by Gasteiger charge is 2.46. The van der Waals surface area contributed by atoms with Crippen molar-refractivity contribution < 1.29 is 22.6 Å². The van der Waals surface area contributed by atoms with Crippen molar-refractivity contribution in [3.05, 3.63) is 152 Å². The smallest absolute Gasteiger partial charge is 0.347 e. The van der Waals surface area contributed by atoms with Crippen LogP contribution < -0.4 is 22.6 Å². The lowest BCUT2D eigenvalue weighted by molar-refractivity contribution is 0.443. The van der Waals surface area contributed by atoms with E-state index in [1.165, 1.54) is 0 Å². The Hall–Kier alpha value is -3.92. The first-order chi connectivity index (χ1) is 22.4. The third-order valence-electron chi connectivity index (χ3n) is 6.70. The van der Waals surface area contributed by atoms with Crippen molar-refractivity contribution in [1.82, 2.24) is 0 Å². The Labute approximate surface area is 274 Å². The zero-order valence-corrected chi connectivity index (χ0v) is 28.6. The first-order valence-electron chi connectivity index (χ1n) is 14.6. The van der Waals surface area contributed by atoms with E-state index < -0.39 is 33.4 Å². The van der Waals surface area contributed by atoms with Crippen LogP contribution in [-0.4, -0.2) is 11.6 Å². The van der Waals surface area contributed by atoms with Crippen LogP contribution in [0.1, 0.15) is 13.8 Å². The Balaban J connectivity index is 1.63. The second-order valence-electron chi connectivity index (χ2n) is 10.2. The molecule has 3 unspecified atom stereocenters. The highest BCUT2D eigenvalue weighted by atomic mass is 35.7. The van der Waals surface area contributed by atoms with Gasteiger partial charge >= 0.3 is 21.8 Å². The first kappa shape index (κ1) is 32.0. The maximum atomic E-state index is 7.49. The van der Waals surface area contributed by atoms with Gasteiger partial charge in [-0.3, -0.25) is 0 Å². The molecule has 0 fully saturated rings. The summed E-state index contributed by atoms with van der Waals surface area (Å²) in [5, 5.41) is 0. The second-order valence-corrected chi connectivity index (χ2v) is 18.3. The molecule has 0 saturated carbocycles. The van der Waals surface area contributed by atoms with Gasteiger partial charge in [0.2, 0.25) is 0 Å². The molecule has 0 aliphatic carbocycles. The van der Waals surface area contributed by atoms with Gasteiger partial charge in [-0.2, -0.15) is 0 Å². The summed E-state index contributed by atoms with van der Waals surface area (Å²) in [5.41, 5.74) is 0. The molecule has 3 atom stereocenters. The fraction of sp³-hybridized carbons (Fsp3) is 0.118. The molecule has 1 aliphatic heterocycles. The van der Waals surface area contributed by atoms with Crippen LogP contribution in [0.4, 0.5) is 0 Å². The molecule has 236 valence electrons. The Bertz CT molecular complexity index is 1810. The van der Waals surface area contributed by atoms with Crippen LogP contribution in [0.25, 0.3) is 0 Å². The molecule has 1 heterocycles. The van der Waals surface area contributed by atoms with Gasteiger partial charge in [0.1, 0.15) is 28.7 Å². The minimum Gasteiger partial charge on any atom is -0.431 e. The number of hydrogen-bond donors (Lipinski definition) is 0. The summed E-state index contributed by atoms with van der Waals surface area (Å²) in [6.07, 6.45) is 0. The van der Waals surface area contributed by atoms with E-state index in [4.69, 9.17) is 47.9 Å². The zero-order valence-electron chi connectivity index (χ0n) is 25.2. The molecular formula is C34H33ClN3O5P3. The molecular weight excluding hydrogens is 659 g/mol.